The van der Waals surface area contributed by atoms with Gasteiger partial charge in [0.2, 0.25) is 0 Å². The Morgan fingerprint density at radius 2 is 1.23 bits per heavy atom. The Bertz CT molecular complexity index is 581. The smallest absolute Gasteiger partial charge is 0.472 e. The van der Waals surface area contributed by atoms with Gasteiger partial charge in [-0.05, 0) is 26.3 Å². The molecule has 0 rings (SSSR count). The van der Waals surface area contributed by atoms with Gasteiger partial charge in [-0.15, -0.1) is 0 Å². The molecule has 0 aromatic heterocycles. The SMILES string of the molecule is CCCCCCCCCCCCCCCCCCOCC(COP(=O)(O)OCCNC)OCCCCC(=O)O. The van der Waals surface area contributed by atoms with Gasteiger partial charge in [0.05, 0.1) is 19.8 Å². The molecule has 2 atom stereocenters. The average Bonchev–Trinajstić information content (AvgIpc) is 2.90. The fourth-order valence-corrected chi connectivity index (χ4v) is 4.97. The normalized spacial score (nSPS) is 13.9. The number of phosphoric ester groups is 1. The van der Waals surface area contributed by atoms with Gasteiger partial charge in [-0.3, -0.25) is 13.8 Å². The van der Waals surface area contributed by atoms with Gasteiger partial charge < -0.3 is 24.8 Å². The maximum absolute atomic E-state index is 12.0. The van der Waals surface area contributed by atoms with E-state index in [4.69, 9.17) is 23.6 Å². The summed E-state index contributed by atoms with van der Waals surface area (Å²) in [5.41, 5.74) is 0. The fourth-order valence-electron chi connectivity index (χ4n) is 4.22. The lowest BCUT2D eigenvalue weighted by molar-refractivity contribution is -0.137. The summed E-state index contributed by atoms with van der Waals surface area (Å²) in [5, 5.41) is 11.6. The van der Waals surface area contributed by atoms with E-state index in [2.05, 4.69) is 12.2 Å². The molecule has 0 saturated carbocycles. The largest absolute Gasteiger partial charge is 0.481 e. The summed E-state index contributed by atoms with van der Waals surface area (Å²) in [6.45, 7) is 3.80. The number of unbranched alkanes of at least 4 members (excludes halogenated alkanes) is 16. The van der Waals surface area contributed by atoms with Crippen molar-refractivity contribution in [1.82, 2.24) is 5.32 Å². The summed E-state index contributed by atoms with van der Waals surface area (Å²) >= 11 is 0. The minimum atomic E-state index is -4.17. The van der Waals surface area contributed by atoms with Crippen LogP contribution in [0.2, 0.25) is 0 Å². The van der Waals surface area contributed by atoms with Crippen LogP contribution in [-0.2, 0) is 27.9 Å². The van der Waals surface area contributed by atoms with Crippen LogP contribution >= 0.6 is 7.82 Å². The van der Waals surface area contributed by atoms with E-state index in [-0.39, 0.29) is 26.2 Å². The molecule has 0 fully saturated rings. The standard InChI is InChI=1S/C29H60NO8P/c1-3-4-5-6-7-8-9-10-11-12-13-14-15-16-17-19-23-35-26-28(36-24-20-18-21-29(31)32)27-38-39(33,34)37-25-22-30-2/h28,30H,3-27H2,1-2H3,(H,31,32)(H,33,34). The number of rotatable bonds is 32. The van der Waals surface area contributed by atoms with E-state index in [0.29, 0.717) is 32.6 Å². The summed E-state index contributed by atoms with van der Waals surface area (Å²) in [6, 6.07) is 0. The van der Waals surface area contributed by atoms with Crippen molar-refractivity contribution in [3.8, 4) is 0 Å². The maximum Gasteiger partial charge on any atom is 0.472 e. The highest BCUT2D eigenvalue weighted by Gasteiger charge is 2.23. The Morgan fingerprint density at radius 3 is 1.74 bits per heavy atom. The fraction of sp³-hybridized carbons (Fsp3) is 0.966. The lowest BCUT2D eigenvalue weighted by Gasteiger charge is -2.20. The maximum atomic E-state index is 12.0. The molecule has 0 spiro atoms. The van der Waals surface area contributed by atoms with E-state index in [1.165, 1.54) is 89.9 Å². The highest BCUT2D eigenvalue weighted by molar-refractivity contribution is 7.47. The van der Waals surface area contributed by atoms with Crippen LogP contribution in [0.1, 0.15) is 129 Å². The number of carbonyl (C=O) groups is 1. The first-order valence-corrected chi connectivity index (χ1v) is 17.1. The molecule has 10 heteroatoms. The third-order valence-electron chi connectivity index (χ3n) is 6.61. The second-order valence-corrected chi connectivity index (χ2v) is 11.9. The summed E-state index contributed by atoms with van der Waals surface area (Å²) in [5.74, 6) is -0.836. The molecule has 234 valence electrons. The number of hydrogen-bond donors (Lipinski definition) is 3. The third-order valence-corrected chi connectivity index (χ3v) is 7.60. The molecule has 0 aliphatic rings. The first-order valence-electron chi connectivity index (χ1n) is 15.6. The van der Waals surface area contributed by atoms with Crippen LogP contribution in [0.5, 0.6) is 0 Å². The van der Waals surface area contributed by atoms with Gasteiger partial charge in [-0.2, -0.15) is 0 Å². The van der Waals surface area contributed by atoms with Crippen LogP contribution in [0.4, 0.5) is 0 Å². The lowest BCUT2D eigenvalue weighted by Crippen LogP contribution is -2.26. The molecule has 39 heavy (non-hydrogen) atoms. The molecular weight excluding hydrogens is 521 g/mol. The number of phosphoric acid groups is 1. The first kappa shape index (κ1) is 38.5. The minimum Gasteiger partial charge on any atom is -0.481 e. The minimum absolute atomic E-state index is 0.0563. The van der Waals surface area contributed by atoms with Gasteiger partial charge in [0.1, 0.15) is 6.10 Å². The molecule has 2 unspecified atom stereocenters. The van der Waals surface area contributed by atoms with Crippen LogP contribution in [0, 0.1) is 0 Å². The molecule has 0 heterocycles. The van der Waals surface area contributed by atoms with E-state index < -0.39 is 19.9 Å². The Morgan fingerprint density at radius 1 is 0.718 bits per heavy atom. The van der Waals surface area contributed by atoms with E-state index in [1.54, 1.807) is 7.05 Å². The zero-order chi connectivity index (χ0) is 28.9. The number of nitrogens with one attached hydrogen (secondary N) is 1. The van der Waals surface area contributed by atoms with Crippen molar-refractivity contribution < 1.29 is 37.9 Å². The van der Waals surface area contributed by atoms with Crippen LogP contribution < -0.4 is 5.32 Å². The predicted octanol–water partition coefficient (Wildman–Crippen LogP) is 7.26. The number of hydrogen-bond acceptors (Lipinski definition) is 7. The summed E-state index contributed by atoms with van der Waals surface area (Å²) in [6.07, 6.45) is 21.8. The molecule has 0 aromatic rings. The van der Waals surface area contributed by atoms with Gasteiger partial charge in [-0.1, -0.05) is 103 Å². The average molecular weight is 582 g/mol. The molecule has 0 bridgehead atoms. The van der Waals surface area contributed by atoms with Crippen molar-refractivity contribution in [3.05, 3.63) is 0 Å². The Hall–Kier alpha value is -0.540. The van der Waals surface area contributed by atoms with Crippen LogP contribution in [0.3, 0.4) is 0 Å². The summed E-state index contributed by atoms with van der Waals surface area (Å²) in [7, 11) is -2.45. The number of likely N-dealkylation sites (N-methyl/N-ethyl adjacent to an activating group) is 1. The third kappa shape index (κ3) is 30.3. The lowest BCUT2D eigenvalue weighted by atomic mass is 10.0. The van der Waals surface area contributed by atoms with Crippen molar-refractivity contribution in [2.45, 2.75) is 135 Å². The zero-order valence-electron chi connectivity index (χ0n) is 25.0. The van der Waals surface area contributed by atoms with Gasteiger partial charge >= 0.3 is 13.8 Å². The molecule has 0 aromatic carbocycles. The second kappa shape index (κ2) is 29.0. The van der Waals surface area contributed by atoms with E-state index >= 15 is 0 Å². The molecule has 0 radical (unpaired) electrons. The van der Waals surface area contributed by atoms with Crippen LogP contribution in [-0.4, -0.2) is 68.7 Å². The molecule has 0 amide bonds. The molecule has 9 nitrogen and oxygen atoms in total. The quantitative estimate of drug-likeness (QED) is 0.0556. The number of aliphatic carboxylic acids is 1. The van der Waals surface area contributed by atoms with Crippen LogP contribution in [0.25, 0.3) is 0 Å². The Labute approximate surface area is 238 Å². The van der Waals surface area contributed by atoms with Crippen molar-refractivity contribution in [1.29, 1.82) is 0 Å². The monoisotopic (exact) mass is 581 g/mol. The molecule has 0 aliphatic carbocycles. The highest BCUT2D eigenvalue weighted by Crippen LogP contribution is 2.43. The Kier molecular flexibility index (Phi) is 28.6. The van der Waals surface area contributed by atoms with Gasteiger partial charge in [0, 0.05) is 26.2 Å². The van der Waals surface area contributed by atoms with E-state index in [0.717, 1.165) is 12.8 Å². The number of ether oxygens (including phenoxy) is 2. The Balaban J connectivity index is 3.83. The summed E-state index contributed by atoms with van der Waals surface area (Å²) in [4.78, 5) is 20.5. The van der Waals surface area contributed by atoms with Crippen molar-refractivity contribution in [2.75, 3.05) is 46.6 Å². The van der Waals surface area contributed by atoms with Gasteiger partial charge in [0.25, 0.3) is 0 Å². The van der Waals surface area contributed by atoms with Crippen molar-refractivity contribution in [2.24, 2.45) is 0 Å². The zero-order valence-corrected chi connectivity index (χ0v) is 25.9. The van der Waals surface area contributed by atoms with Crippen molar-refractivity contribution in [3.63, 3.8) is 0 Å². The predicted molar refractivity (Wildman–Crippen MR) is 157 cm³/mol. The van der Waals surface area contributed by atoms with Crippen molar-refractivity contribution >= 4 is 13.8 Å². The molecular formula is C29H60NO8P. The summed E-state index contributed by atoms with van der Waals surface area (Å²) < 4.78 is 33.5. The highest BCUT2D eigenvalue weighted by atomic mass is 31.2. The van der Waals surface area contributed by atoms with Crippen LogP contribution in [0.15, 0.2) is 0 Å². The molecule has 0 saturated heterocycles. The second-order valence-electron chi connectivity index (χ2n) is 10.4. The molecule has 3 N–H and O–H groups in total. The topological polar surface area (TPSA) is 124 Å². The van der Waals surface area contributed by atoms with Gasteiger partial charge in [0.15, 0.2) is 0 Å². The first-order chi connectivity index (χ1) is 18.9. The number of carboxylic acid groups (broad SMARTS) is 1. The van der Waals surface area contributed by atoms with E-state index in [1.807, 2.05) is 0 Å². The molecule has 0 aliphatic heterocycles. The van der Waals surface area contributed by atoms with E-state index in [9.17, 15) is 14.3 Å². The number of carboxylic acids is 1. The van der Waals surface area contributed by atoms with Gasteiger partial charge in [-0.25, -0.2) is 4.57 Å².